The maximum atomic E-state index is 6.22. The van der Waals surface area contributed by atoms with Crippen molar-refractivity contribution >= 4 is 0 Å². The summed E-state index contributed by atoms with van der Waals surface area (Å²) in [6.45, 7) is 3.65. The largest absolute Gasteiger partial charge is 0.487 e. The number of benzene rings is 3. The zero-order chi connectivity index (χ0) is 22.5. The van der Waals surface area contributed by atoms with Crippen LogP contribution in [0.5, 0.6) is 17.2 Å². The van der Waals surface area contributed by atoms with E-state index in [0.29, 0.717) is 37.1 Å². The van der Waals surface area contributed by atoms with Gasteiger partial charge in [-0.3, -0.25) is 0 Å². The highest BCUT2D eigenvalue weighted by molar-refractivity contribution is 5.85. The summed E-state index contributed by atoms with van der Waals surface area (Å²) in [5.74, 6) is 1.97. The van der Waals surface area contributed by atoms with Crippen LogP contribution in [0.1, 0.15) is 11.1 Å². The summed E-state index contributed by atoms with van der Waals surface area (Å²) in [5.41, 5.74) is 7.54. The molecule has 0 amide bonds. The van der Waals surface area contributed by atoms with Gasteiger partial charge in [-0.1, -0.05) is 42.5 Å². The summed E-state index contributed by atoms with van der Waals surface area (Å²) in [5, 5.41) is 0. The van der Waals surface area contributed by atoms with Crippen LogP contribution in [0.2, 0.25) is 0 Å². The van der Waals surface area contributed by atoms with Crippen molar-refractivity contribution in [1.82, 2.24) is 0 Å². The van der Waals surface area contributed by atoms with Gasteiger partial charge < -0.3 is 28.4 Å². The van der Waals surface area contributed by atoms with E-state index in [4.69, 9.17) is 28.4 Å². The third-order valence-corrected chi connectivity index (χ3v) is 6.65. The van der Waals surface area contributed by atoms with Crippen LogP contribution in [0.4, 0.5) is 0 Å². The molecule has 6 heteroatoms. The van der Waals surface area contributed by atoms with Gasteiger partial charge in [0.2, 0.25) is 5.75 Å². The lowest BCUT2D eigenvalue weighted by Crippen LogP contribution is -2.12. The highest BCUT2D eigenvalue weighted by Crippen LogP contribution is 2.46. The van der Waals surface area contributed by atoms with Gasteiger partial charge in [-0.15, -0.1) is 0 Å². The fourth-order valence-corrected chi connectivity index (χ4v) is 4.55. The maximum Gasteiger partial charge on any atom is 0.203 e. The molecule has 4 aliphatic rings. The van der Waals surface area contributed by atoms with Gasteiger partial charge in [-0.2, -0.15) is 0 Å². The smallest absolute Gasteiger partial charge is 0.203 e. The summed E-state index contributed by atoms with van der Waals surface area (Å²) < 4.78 is 34.7. The van der Waals surface area contributed by atoms with Gasteiger partial charge in [0, 0.05) is 0 Å². The molecule has 3 saturated heterocycles. The SMILES string of the molecule is c1ccc2c(c1)Cc1c(-c3cc(OCC4CO4)c(OCC4CO4)c(OCC4CO4)c3)cccc1-2. The fourth-order valence-electron chi connectivity index (χ4n) is 4.55. The topological polar surface area (TPSA) is 65.3 Å². The average molecular weight is 459 g/mol. The van der Waals surface area contributed by atoms with Crippen LogP contribution in [0, 0.1) is 0 Å². The van der Waals surface area contributed by atoms with Crippen LogP contribution in [0.25, 0.3) is 22.3 Å². The molecule has 3 fully saturated rings. The molecule has 3 aromatic rings. The predicted octanol–water partition coefficient (Wildman–Crippen LogP) is 4.26. The predicted molar refractivity (Wildman–Crippen MR) is 126 cm³/mol. The fraction of sp³-hybridized carbons (Fsp3) is 0.357. The van der Waals surface area contributed by atoms with E-state index in [9.17, 15) is 0 Å². The van der Waals surface area contributed by atoms with Gasteiger partial charge in [0.15, 0.2) is 11.5 Å². The van der Waals surface area contributed by atoms with Gasteiger partial charge >= 0.3 is 0 Å². The van der Waals surface area contributed by atoms with E-state index in [-0.39, 0.29) is 18.3 Å². The molecule has 0 bridgehead atoms. The Bertz CT molecular complexity index is 1190. The molecule has 0 aromatic heterocycles. The molecule has 3 aromatic carbocycles. The molecule has 7 rings (SSSR count). The molecular formula is C28H26O6. The lowest BCUT2D eigenvalue weighted by Gasteiger charge is -2.19. The number of rotatable bonds is 10. The lowest BCUT2D eigenvalue weighted by molar-refractivity contribution is 0.208. The highest BCUT2D eigenvalue weighted by Gasteiger charge is 2.30. The molecule has 0 spiro atoms. The van der Waals surface area contributed by atoms with Crippen molar-refractivity contribution < 1.29 is 28.4 Å². The van der Waals surface area contributed by atoms with E-state index in [0.717, 1.165) is 31.8 Å². The quantitative estimate of drug-likeness (QED) is 0.331. The first kappa shape index (κ1) is 20.3. The van der Waals surface area contributed by atoms with Gasteiger partial charge in [0.1, 0.15) is 38.1 Å². The van der Waals surface area contributed by atoms with Crippen molar-refractivity contribution in [1.29, 1.82) is 0 Å². The van der Waals surface area contributed by atoms with E-state index in [1.807, 2.05) is 0 Å². The molecule has 1 aliphatic carbocycles. The minimum Gasteiger partial charge on any atom is -0.487 e. The first-order chi connectivity index (χ1) is 16.8. The van der Waals surface area contributed by atoms with Crippen molar-refractivity contribution in [3.8, 4) is 39.5 Å². The molecule has 3 heterocycles. The summed E-state index contributed by atoms with van der Waals surface area (Å²) >= 11 is 0. The molecule has 174 valence electrons. The third-order valence-electron chi connectivity index (χ3n) is 6.65. The summed E-state index contributed by atoms with van der Waals surface area (Å²) in [7, 11) is 0. The number of epoxide rings is 3. The Balaban J connectivity index is 1.29. The Morgan fingerprint density at radius 2 is 1.21 bits per heavy atom. The van der Waals surface area contributed by atoms with E-state index in [2.05, 4.69) is 54.6 Å². The molecule has 3 unspecified atom stereocenters. The minimum absolute atomic E-state index is 0.134. The highest BCUT2D eigenvalue weighted by atomic mass is 16.6. The van der Waals surface area contributed by atoms with Gasteiger partial charge in [0.25, 0.3) is 0 Å². The van der Waals surface area contributed by atoms with Gasteiger partial charge in [-0.05, 0) is 51.9 Å². The number of hydrogen-bond acceptors (Lipinski definition) is 6. The Labute approximate surface area is 198 Å². The van der Waals surface area contributed by atoms with Crippen molar-refractivity contribution in [3.05, 3.63) is 65.7 Å². The van der Waals surface area contributed by atoms with Gasteiger partial charge in [0.05, 0.1) is 19.8 Å². The minimum atomic E-state index is 0.134. The van der Waals surface area contributed by atoms with Crippen molar-refractivity contribution in [2.45, 2.75) is 24.7 Å². The molecule has 34 heavy (non-hydrogen) atoms. The second-order valence-electron chi connectivity index (χ2n) is 9.27. The van der Waals surface area contributed by atoms with E-state index in [1.54, 1.807) is 0 Å². The molecule has 0 radical (unpaired) electrons. The van der Waals surface area contributed by atoms with E-state index < -0.39 is 0 Å². The average Bonchev–Trinajstić information content (AvgIpc) is 3.72. The summed E-state index contributed by atoms with van der Waals surface area (Å²) in [6, 6.07) is 19.3. The Morgan fingerprint density at radius 3 is 1.85 bits per heavy atom. The van der Waals surface area contributed by atoms with Crippen LogP contribution in [0.15, 0.2) is 54.6 Å². The van der Waals surface area contributed by atoms with Crippen molar-refractivity contribution in [2.75, 3.05) is 39.6 Å². The van der Waals surface area contributed by atoms with Crippen molar-refractivity contribution in [2.24, 2.45) is 0 Å². The summed E-state index contributed by atoms with van der Waals surface area (Å²) in [6.07, 6.45) is 1.33. The third kappa shape index (κ3) is 4.13. The maximum absolute atomic E-state index is 6.22. The Kier molecular flexibility index (Phi) is 4.97. The van der Waals surface area contributed by atoms with Crippen LogP contribution in [0.3, 0.4) is 0 Å². The zero-order valence-electron chi connectivity index (χ0n) is 18.8. The number of hydrogen-bond donors (Lipinski definition) is 0. The van der Waals surface area contributed by atoms with Crippen molar-refractivity contribution in [3.63, 3.8) is 0 Å². The van der Waals surface area contributed by atoms with Crippen LogP contribution >= 0.6 is 0 Å². The van der Waals surface area contributed by atoms with Crippen LogP contribution in [-0.4, -0.2) is 58.0 Å². The van der Waals surface area contributed by atoms with E-state index >= 15 is 0 Å². The molecule has 3 atom stereocenters. The van der Waals surface area contributed by atoms with Gasteiger partial charge in [-0.25, -0.2) is 0 Å². The second kappa shape index (κ2) is 8.31. The molecular weight excluding hydrogens is 432 g/mol. The number of fused-ring (bicyclic) bond motifs is 3. The Hall–Kier alpha value is -3.06. The zero-order valence-corrected chi connectivity index (χ0v) is 18.8. The van der Waals surface area contributed by atoms with Crippen LogP contribution in [-0.2, 0) is 20.6 Å². The Morgan fingerprint density at radius 1 is 0.647 bits per heavy atom. The molecule has 0 saturated carbocycles. The molecule has 6 nitrogen and oxygen atoms in total. The van der Waals surface area contributed by atoms with Crippen LogP contribution < -0.4 is 14.2 Å². The number of ether oxygens (including phenoxy) is 6. The normalized spacial score (nSPS) is 23.1. The molecule has 3 aliphatic heterocycles. The molecule has 0 N–H and O–H groups in total. The standard InChI is InChI=1S/C28H26O6/c1-2-5-22-17(4-1)8-25-23(6-3-7-24(22)25)18-9-26(32-14-19-11-29-19)28(34-16-21-13-31-21)27(10-18)33-15-20-12-30-20/h1-7,9-10,19-21H,8,11-16H2. The first-order valence-corrected chi connectivity index (χ1v) is 11.9. The summed E-state index contributed by atoms with van der Waals surface area (Å²) in [4.78, 5) is 0. The first-order valence-electron chi connectivity index (χ1n) is 11.9. The monoisotopic (exact) mass is 458 g/mol. The van der Waals surface area contributed by atoms with E-state index in [1.165, 1.54) is 27.8 Å². The second-order valence-corrected chi connectivity index (χ2v) is 9.27. The lowest BCUT2D eigenvalue weighted by atomic mass is 9.95.